The minimum Gasteiger partial charge on any atom is -0.477 e. The van der Waals surface area contributed by atoms with Crippen molar-refractivity contribution in [2.24, 2.45) is 0 Å². The number of nitrogens with zero attached hydrogens (tertiary/aromatic N) is 3. The van der Waals surface area contributed by atoms with Crippen molar-refractivity contribution in [3.63, 3.8) is 0 Å². The number of thioether (sulfide) groups is 2. The number of aryl methyl sites for hydroxylation is 1. The Balaban J connectivity index is 1.37. The van der Waals surface area contributed by atoms with Crippen molar-refractivity contribution >= 4 is 41.4 Å². The summed E-state index contributed by atoms with van der Waals surface area (Å²) in [6.07, 6.45) is 0. The van der Waals surface area contributed by atoms with E-state index in [9.17, 15) is 23.9 Å². The molecule has 2 aromatic rings. The van der Waals surface area contributed by atoms with Gasteiger partial charge in [-0.1, -0.05) is 23.9 Å². The topological polar surface area (TPSA) is 138 Å². The summed E-state index contributed by atoms with van der Waals surface area (Å²) in [4.78, 5) is 38.0. The summed E-state index contributed by atoms with van der Waals surface area (Å²) < 4.78 is 18.2. The van der Waals surface area contributed by atoms with Crippen molar-refractivity contribution in [1.82, 2.24) is 25.7 Å². The Morgan fingerprint density at radius 3 is 2.75 bits per heavy atom. The normalized spacial score (nSPS) is 19.9. The predicted octanol–water partition coefficient (Wildman–Crippen LogP) is 1.73. The molecule has 0 radical (unpaired) electrons. The lowest BCUT2D eigenvalue weighted by molar-refractivity contribution is -0.148. The first-order valence-electron chi connectivity index (χ1n) is 9.45. The van der Waals surface area contributed by atoms with E-state index in [0.717, 1.165) is 0 Å². The highest BCUT2D eigenvalue weighted by atomic mass is 32.2. The molecule has 32 heavy (non-hydrogen) atoms. The minimum atomic E-state index is -1.21. The summed E-state index contributed by atoms with van der Waals surface area (Å²) in [5, 5.41) is 22.3. The fourth-order valence-electron chi connectivity index (χ4n) is 3.26. The number of fused-ring (bicyclic) bond motifs is 1. The third-order valence-electron chi connectivity index (χ3n) is 4.78. The largest absolute Gasteiger partial charge is 0.477 e. The standard InChI is InChI=1S/C19H18FN5O5S2/c1-9-23-24-19(30-9)32-8-11-7-31-16-13(15(26)25(16)14(11)17(27)28)22-18(29)21-6-10-2-4-12(20)5-3-10/h2-5,13,16H,6-8H2,1H3,(H,27,28)(H2,21,22,29)/t13?,16-/m1/s1. The number of hydrogen-bond donors (Lipinski definition) is 3. The first-order chi connectivity index (χ1) is 15.3. The highest BCUT2D eigenvalue weighted by molar-refractivity contribution is 8.01. The number of aromatic nitrogens is 2. The van der Waals surface area contributed by atoms with Crippen molar-refractivity contribution in [1.29, 1.82) is 0 Å². The lowest BCUT2D eigenvalue weighted by atomic mass is 10.0. The molecule has 4 rings (SSSR count). The highest BCUT2D eigenvalue weighted by Crippen LogP contribution is 2.41. The average Bonchev–Trinajstić information content (AvgIpc) is 3.19. The molecule has 0 saturated carbocycles. The Morgan fingerprint density at radius 1 is 1.34 bits per heavy atom. The van der Waals surface area contributed by atoms with Gasteiger partial charge in [0, 0.05) is 25.0 Å². The summed E-state index contributed by atoms with van der Waals surface area (Å²) in [6, 6.07) is 4.26. The predicted molar refractivity (Wildman–Crippen MR) is 113 cm³/mol. The summed E-state index contributed by atoms with van der Waals surface area (Å²) in [5.41, 5.74) is 1.18. The second-order valence-corrected chi connectivity index (χ2v) is 9.01. The van der Waals surface area contributed by atoms with Crippen LogP contribution in [0.1, 0.15) is 11.5 Å². The molecule has 13 heteroatoms. The number of hydrogen-bond acceptors (Lipinski definition) is 8. The Morgan fingerprint density at radius 2 is 2.09 bits per heavy atom. The van der Waals surface area contributed by atoms with Gasteiger partial charge in [-0.2, -0.15) is 0 Å². The molecule has 2 atom stereocenters. The molecule has 1 unspecified atom stereocenters. The van der Waals surface area contributed by atoms with Gasteiger partial charge in [0.15, 0.2) is 0 Å². The molecule has 3 amide bonds. The Hall–Kier alpha value is -3.06. The van der Waals surface area contributed by atoms with Gasteiger partial charge in [0.05, 0.1) is 0 Å². The molecule has 1 aromatic carbocycles. The zero-order valence-corrected chi connectivity index (χ0v) is 18.3. The number of halogens is 1. The van der Waals surface area contributed by atoms with Gasteiger partial charge >= 0.3 is 12.0 Å². The summed E-state index contributed by atoms with van der Waals surface area (Å²) in [7, 11) is 0. The number of carboxylic acid groups (broad SMARTS) is 1. The van der Waals surface area contributed by atoms with Crippen molar-refractivity contribution < 1.29 is 28.3 Å². The number of rotatable bonds is 7. The molecule has 2 aliphatic heterocycles. The van der Waals surface area contributed by atoms with Crippen LogP contribution < -0.4 is 10.6 Å². The molecule has 2 aliphatic rings. The average molecular weight is 480 g/mol. The van der Waals surface area contributed by atoms with E-state index in [-0.39, 0.29) is 23.8 Å². The molecule has 0 spiro atoms. The third-order valence-corrected chi connectivity index (χ3v) is 7.02. The maximum atomic E-state index is 13.0. The minimum absolute atomic E-state index is 0.0766. The number of β-lactam (4-membered cyclic amide) rings is 1. The molecule has 0 aliphatic carbocycles. The monoisotopic (exact) mass is 479 g/mol. The molecule has 1 aromatic heterocycles. The smallest absolute Gasteiger partial charge is 0.352 e. The number of urea groups is 1. The zero-order chi connectivity index (χ0) is 22.8. The van der Waals surface area contributed by atoms with Gasteiger partial charge in [-0.15, -0.1) is 22.0 Å². The zero-order valence-electron chi connectivity index (χ0n) is 16.7. The summed E-state index contributed by atoms with van der Waals surface area (Å²) in [5.74, 6) is -1.01. The molecule has 10 nitrogen and oxygen atoms in total. The van der Waals surface area contributed by atoms with E-state index in [4.69, 9.17) is 4.42 Å². The number of benzene rings is 1. The number of amides is 3. The van der Waals surface area contributed by atoms with Crippen molar-refractivity contribution in [3.05, 3.63) is 52.8 Å². The van der Waals surface area contributed by atoms with Crippen LogP contribution in [-0.4, -0.2) is 61.0 Å². The van der Waals surface area contributed by atoms with Gasteiger partial charge in [0.1, 0.15) is 22.9 Å². The SMILES string of the molecule is Cc1nnc(SCC2=C(C(=O)O)N3C(=O)C(NC(=O)NCc4ccc(F)cc4)[C@H]3SC2)o1. The van der Waals surface area contributed by atoms with Crippen molar-refractivity contribution in [2.45, 2.75) is 30.1 Å². The van der Waals surface area contributed by atoms with E-state index in [1.807, 2.05) is 0 Å². The molecule has 0 bridgehead atoms. The second kappa shape index (κ2) is 9.20. The van der Waals surface area contributed by atoms with Crippen LogP contribution in [0, 0.1) is 12.7 Å². The van der Waals surface area contributed by atoms with Crippen molar-refractivity contribution in [3.8, 4) is 0 Å². The van der Waals surface area contributed by atoms with Crippen molar-refractivity contribution in [2.75, 3.05) is 11.5 Å². The van der Waals surface area contributed by atoms with Crippen LogP contribution in [0.5, 0.6) is 0 Å². The van der Waals surface area contributed by atoms with Gasteiger partial charge in [0.25, 0.3) is 11.1 Å². The summed E-state index contributed by atoms with van der Waals surface area (Å²) >= 11 is 2.57. The van der Waals surface area contributed by atoms with E-state index in [1.165, 1.54) is 40.6 Å². The first-order valence-corrected chi connectivity index (χ1v) is 11.5. The van der Waals surface area contributed by atoms with Crippen LogP contribution in [0.2, 0.25) is 0 Å². The quantitative estimate of drug-likeness (QED) is 0.400. The number of aliphatic carboxylic acids is 1. The van der Waals surface area contributed by atoms with Gasteiger partial charge in [-0.25, -0.2) is 14.0 Å². The number of nitrogens with one attached hydrogen (secondary N) is 2. The van der Waals surface area contributed by atoms with Crippen LogP contribution in [0.25, 0.3) is 0 Å². The molecular weight excluding hydrogens is 461 g/mol. The fourth-order valence-corrected chi connectivity index (χ4v) is 5.55. The van der Waals surface area contributed by atoms with Crippen LogP contribution in [0.3, 0.4) is 0 Å². The van der Waals surface area contributed by atoms with E-state index in [2.05, 4.69) is 20.8 Å². The number of carbonyl (C=O) groups excluding carboxylic acids is 2. The maximum absolute atomic E-state index is 13.0. The Labute approximate surface area is 190 Å². The molecule has 3 heterocycles. The first kappa shape index (κ1) is 22.1. The van der Waals surface area contributed by atoms with Crippen LogP contribution in [-0.2, 0) is 16.1 Å². The Kier molecular flexibility index (Phi) is 6.37. The summed E-state index contributed by atoms with van der Waals surface area (Å²) in [6.45, 7) is 1.81. The molecule has 1 fully saturated rings. The maximum Gasteiger partial charge on any atom is 0.352 e. The molecule has 1 saturated heterocycles. The number of carboxylic acids is 1. The van der Waals surface area contributed by atoms with E-state index >= 15 is 0 Å². The van der Waals surface area contributed by atoms with Gasteiger partial charge in [-0.3, -0.25) is 9.69 Å². The van der Waals surface area contributed by atoms with E-state index in [1.54, 1.807) is 19.1 Å². The van der Waals surface area contributed by atoms with Gasteiger partial charge in [0.2, 0.25) is 5.89 Å². The highest BCUT2D eigenvalue weighted by Gasteiger charge is 2.54. The van der Waals surface area contributed by atoms with Crippen LogP contribution >= 0.6 is 23.5 Å². The van der Waals surface area contributed by atoms with E-state index in [0.29, 0.717) is 28.0 Å². The third kappa shape index (κ3) is 4.58. The molecule has 168 valence electrons. The lowest BCUT2D eigenvalue weighted by Crippen LogP contribution is -2.71. The number of carbonyl (C=O) groups is 3. The second-order valence-electron chi connectivity index (χ2n) is 6.97. The van der Waals surface area contributed by atoms with E-state index < -0.39 is 29.3 Å². The Bertz CT molecular complexity index is 1090. The fraction of sp³-hybridized carbons (Fsp3) is 0.316. The molecule has 3 N–H and O–H groups in total. The molecular formula is C19H18FN5O5S2. The van der Waals surface area contributed by atoms with Gasteiger partial charge in [-0.05, 0) is 23.3 Å². The van der Waals surface area contributed by atoms with Gasteiger partial charge < -0.3 is 20.2 Å². The van der Waals surface area contributed by atoms with Crippen LogP contribution in [0.4, 0.5) is 9.18 Å². The lowest BCUT2D eigenvalue weighted by Gasteiger charge is -2.49. The van der Waals surface area contributed by atoms with Crippen LogP contribution in [0.15, 0.2) is 45.2 Å².